The third-order valence-electron chi connectivity index (χ3n) is 2.43. The van der Waals surface area contributed by atoms with Crippen LogP contribution in [0.3, 0.4) is 0 Å². The highest BCUT2D eigenvalue weighted by molar-refractivity contribution is 5.33. The van der Waals surface area contributed by atoms with Crippen molar-refractivity contribution in [2.75, 3.05) is 13.1 Å². The van der Waals surface area contributed by atoms with Crippen LogP contribution in [0.5, 0.6) is 0 Å². The summed E-state index contributed by atoms with van der Waals surface area (Å²) < 4.78 is 0. The molecule has 0 aliphatic carbocycles. The number of aliphatic hydroxyl groups is 1. The van der Waals surface area contributed by atoms with Crippen molar-refractivity contribution >= 4 is 5.69 Å². The van der Waals surface area contributed by atoms with Gasteiger partial charge in [-0.1, -0.05) is 0 Å². The van der Waals surface area contributed by atoms with E-state index < -0.39 is 11.0 Å². The third-order valence-corrected chi connectivity index (χ3v) is 2.43. The van der Waals surface area contributed by atoms with Crippen molar-refractivity contribution in [1.82, 2.24) is 5.32 Å². The highest BCUT2D eigenvalue weighted by Gasteiger charge is 2.09. The highest BCUT2D eigenvalue weighted by Crippen LogP contribution is 2.17. The van der Waals surface area contributed by atoms with Gasteiger partial charge in [-0.2, -0.15) is 0 Å². The zero-order valence-corrected chi connectivity index (χ0v) is 10.2. The number of nitrogens with zero attached hydrogens (tertiary/aromatic N) is 1. The molecule has 0 aromatic heterocycles. The molecule has 0 aliphatic rings. The molecule has 0 aliphatic heterocycles. The Labute approximate surface area is 106 Å². The maximum absolute atomic E-state index is 10.5. The Kier molecular flexibility index (Phi) is 5.85. The van der Waals surface area contributed by atoms with E-state index in [2.05, 4.69) is 17.2 Å². The van der Waals surface area contributed by atoms with Gasteiger partial charge in [-0.3, -0.25) is 10.1 Å². The number of hydrogen-bond acceptors (Lipinski definition) is 4. The number of rotatable bonds is 6. The van der Waals surface area contributed by atoms with E-state index >= 15 is 0 Å². The summed E-state index contributed by atoms with van der Waals surface area (Å²) in [4.78, 5) is 10.0. The molecule has 18 heavy (non-hydrogen) atoms. The fourth-order valence-corrected chi connectivity index (χ4v) is 1.45. The van der Waals surface area contributed by atoms with Gasteiger partial charge >= 0.3 is 0 Å². The van der Waals surface area contributed by atoms with Crippen molar-refractivity contribution < 1.29 is 10.0 Å². The largest absolute Gasteiger partial charge is 0.387 e. The minimum atomic E-state index is -0.666. The van der Waals surface area contributed by atoms with Crippen molar-refractivity contribution in [3.05, 3.63) is 39.9 Å². The molecule has 1 atom stereocenters. The van der Waals surface area contributed by atoms with Crippen LogP contribution >= 0.6 is 0 Å². The van der Waals surface area contributed by atoms with E-state index in [9.17, 15) is 15.2 Å². The molecule has 1 aromatic rings. The number of benzene rings is 1. The number of nitro benzene ring substituents is 1. The lowest BCUT2D eigenvalue weighted by Gasteiger charge is -2.11. The molecule has 5 heteroatoms. The molecule has 0 heterocycles. The third kappa shape index (κ3) is 4.53. The van der Waals surface area contributed by atoms with Crippen LogP contribution < -0.4 is 5.32 Å². The van der Waals surface area contributed by atoms with Gasteiger partial charge in [0.15, 0.2) is 0 Å². The Morgan fingerprint density at radius 3 is 2.67 bits per heavy atom. The van der Waals surface area contributed by atoms with Crippen molar-refractivity contribution in [2.45, 2.75) is 19.4 Å². The first-order valence-corrected chi connectivity index (χ1v) is 5.68. The maximum Gasteiger partial charge on any atom is 0.269 e. The second kappa shape index (κ2) is 7.43. The van der Waals surface area contributed by atoms with Crippen LogP contribution in [-0.2, 0) is 0 Å². The number of nitro groups is 1. The predicted molar refractivity (Wildman–Crippen MR) is 69.0 cm³/mol. The summed E-state index contributed by atoms with van der Waals surface area (Å²) in [6.07, 6.45) is 0.0733. The van der Waals surface area contributed by atoms with Crippen LogP contribution in [0.2, 0.25) is 0 Å². The first kappa shape index (κ1) is 14.2. The zero-order chi connectivity index (χ0) is 13.4. The van der Waals surface area contributed by atoms with E-state index in [1.54, 1.807) is 19.1 Å². The molecule has 0 saturated heterocycles. The molecule has 1 unspecified atom stereocenters. The van der Waals surface area contributed by atoms with Gasteiger partial charge in [-0.15, -0.1) is 11.8 Å². The number of non-ortho nitro benzene ring substituents is 1. The van der Waals surface area contributed by atoms with Crippen LogP contribution in [0.4, 0.5) is 5.69 Å². The number of hydrogen-bond donors (Lipinski definition) is 2. The number of aliphatic hydroxyl groups excluding tert-OH is 1. The van der Waals surface area contributed by atoms with E-state index in [0.717, 1.165) is 6.42 Å². The Morgan fingerprint density at radius 1 is 1.44 bits per heavy atom. The molecular weight excluding hydrogens is 232 g/mol. The molecular formula is C13H16N2O3. The van der Waals surface area contributed by atoms with Gasteiger partial charge < -0.3 is 10.4 Å². The van der Waals surface area contributed by atoms with Gasteiger partial charge in [-0.05, 0) is 24.6 Å². The van der Waals surface area contributed by atoms with Gasteiger partial charge in [0.05, 0.1) is 11.0 Å². The Hall–Kier alpha value is -1.90. The molecule has 0 spiro atoms. The molecule has 96 valence electrons. The normalized spacial score (nSPS) is 11.4. The predicted octanol–water partition coefficient (Wildman–Crippen LogP) is 1.63. The lowest BCUT2D eigenvalue weighted by Crippen LogP contribution is -2.22. The summed E-state index contributed by atoms with van der Waals surface area (Å²) >= 11 is 0. The van der Waals surface area contributed by atoms with Crippen LogP contribution in [0.1, 0.15) is 25.0 Å². The molecule has 0 radical (unpaired) electrons. The van der Waals surface area contributed by atoms with E-state index in [0.29, 0.717) is 18.7 Å². The first-order chi connectivity index (χ1) is 8.65. The van der Waals surface area contributed by atoms with Crippen molar-refractivity contribution in [2.24, 2.45) is 0 Å². The molecule has 1 aromatic carbocycles. The molecule has 0 fully saturated rings. The maximum atomic E-state index is 10.5. The van der Waals surface area contributed by atoms with Gasteiger partial charge in [0.2, 0.25) is 0 Å². The molecule has 2 N–H and O–H groups in total. The van der Waals surface area contributed by atoms with Crippen LogP contribution in [0, 0.1) is 22.0 Å². The van der Waals surface area contributed by atoms with E-state index in [1.165, 1.54) is 12.1 Å². The second-order valence-electron chi connectivity index (χ2n) is 3.75. The lowest BCUT2D eigenvalue weighted by atomic mass is 10.1. The SMILES string of the molecule is CC#CCCNCC(O)c1ccc([N+](=O)[O-])cc1. The Balaban J connectivity index is 2.43. The average Bonchev–Trinajstić information content (AvgIpc) is 2.38. The summed E-state index contributed by atoms with van der Waals surface area (Å²) in [7, 11) is 0. The monoisotopic (exact) mass is 248 g/mol. The van der Waals surface area contributed by atoms with Crippen molar-refractivity contribution in [3.63, 3.8) is 0 Å². The summed E-state index contributed by atoms with van der Waals surface area (Å²) in [5, 5.41) is 23.4. The average molecular weight is 248 g/mol. The first-order valence-electron chi connectivity index (χ1n) is 5.68. The van der Waals surface area contributed by atoms with E-state index in [-0.39, 0.29) is 5.69 Å². The molecule has 5 nitrogen and oxygen atoms in total. The molecule has 0 amide bonds. The standard InChI is InChI=1S/C13H16N2O3/c1-2-3-4-9-14-10-13(16)11-5-7-12(8-6-11)15(17)18/h5-8,13-14,16H,4,9-10H2,1H3. The Bertz CT molecular complexity index is 446. The molecule has 1 rings (SSSR count). The lowest BCUT2D eigenvalue weighted by molar-refractivity contribution is -0.384. The van der Waals surface area contributed by atoms with Gasteiger partial charge in [0.25, 0.3) is 5.69 Å². The van der Waals surface area contributed by atoms with E-state index in [4.69, 9.17) is 0 Å². The second-order valence-corrected chi connectivity index (χ2v) is 3.75. The summed E-state index contributed by atoms with van der Waals surface area (Å²) in [6, 6.07) is 5.91. The summed E-state index contributed by atoms with van der Waals surface area (Å²) in [5.41, 5.74) is 0.687. The Morgan fingerprint density at radius 2 is 2.11 bits per heavy atom. The smallest absolute Gasteiger partial charge is 0.269 e. The minimum absolute atomic E-state index is 0.0251. The van der Waals surface area contributed by atoms with Gasteiger partial charge in [0.1, 0.15) is 0 Å². The zero-order valence-electron chi connectivity index (χ0n) is 10.2. The number of nitrogens with one attached hydrogen (secondary N) is 1. The highest BCUT2D eigenvalue weighted by atomic mass is 16.6. The van der Waals surface area contributed by atoms with Crippen LogP contribution in [0.15, 0.2) is 24.3 Å². The summed E-state index contributed by atoms with van der Waals surface area (Å²) in [5.74, 6) is 5.70. The van der Waals surface area contributed by atoms with Crippen LogP contribution in [-0.4, -0.2) is 23.1 Å². The fraction of sp³-hybridized carbons (Fsp3) is 0.385. The van der Waals surface area contributed by atoms with E-state index in [1.807, 2.05) is 0 Å². The van der Waals surface area contributed by atoms with Gasteiger partial charge in [0, 0.05) is 31.6 Å². The topological polar surface area (TPSA) is 75.4 Å². The van der Waals surface area contributed by atoms with Crippen molar-refractivity contribution in [1.29, 1.82) is 0 Å². The molecule has 0 saturated carbocycles. The van der Waals surface area contributed by atoms with Gasteiger partial charge in [-0.25, -0.2) is 0 Å². The quantitative estimate of drug-likeness (QED) is 0.347. The molecule has 0 bridgehead atoms. The fourth-order valence-electron chi connectivity index (χ4n) is 1.45. The van der Waals surface area contributed by atoms with Crippen molar-refractivity contribution in [3.8, 4) is 11.8 Å². The van der Waals surface area contributed by atoms with Crippen LogP contribution in [0.25, 0.3) is 0 Å². The minimum Gasteiger partial charge on any atom is -0.387 e. The summed E-state index contributed by atoms with van der Waals surface area (Å²) in [6.45, 7) is 2.90.